The van der Waals surface area contributed by atoms with Gasteiger partial charge in [0, 0.05) is 0 Å². The van der Waals surface area contributed by atoms with E-state index in [0.717, 1.165) is 12.8 Å². The zero-order chi connectivity index (χ0) is 9.40. The van der Waals surface area contributed by atoms with Crippen LogP contribution < -0.4 is 0 Å². The average molecular weight is 194 g/mol. The third-order valence-electron chi connectivity index (χ3n) is 1.74. The lowest BCUT2D eigenvalue weighted by Gasteiger charge is -2.11. The zero-order valence-corrected chi connectivity index (χ0v) is 8.76. The highest BCUT2D eigenvalue weighted by atomic mass is 31.2. The van der Waals surface area contributed by atoms with Crippen molar-refractivity contribution < 1.29 is 14.3 Å². The van der Waals surface area contributed by atoms with Crippen LogP contribution in [0.25, 0.3) is 0 Å². The smallest absolute Gasteiger partial charge is 0.327 e. The normalized spacial score (nSPS) is 13.8. The van der Waals surface area contributed by atoms with Crippen molar-refractivity contribution >= 4 is 8.60 Å². The van der Waals surface area contributed by atoms with Gasteiger partial charge >= 0.3 is 8.60 Å². The fraction of sp³-hybridized carbons (Fsp3) is 1.00. The van der Waals surface area contributed by atoms with Gasteiger partial charge in [0.25, 0.3) is 0 Å². The first-order chi connectivity index (χ1) is 5.66. The Morgan fingerprint density at radius 2 is 1.92 bits per heavy atom. The van der Waals surface area contributed by atoms with Crippen molar-refractivity contribution in [2.24, 2.45) is 0 Å². The Hall–Kier alpha value is 0.310. The van der Waals surface area contributed by atoms with E-state index in [1.54, 1.807) is 0 Å². The fourth-order valence-corrected chi connectivity index (χ4v) is 1.50. The van der Waals surface area contributed by atoms with E-state index >= 15 is 0 Å². The summed E-state index contributed by atoms with van der Waals surface area (Å²) in [6.45, 7) is 4.04. The Bertz CT molecular complexity index is 98.3. The topological polar surface area (TPSA) is 49.7 Å². The molecule has 0 rings (SSSR count). The van der Waals surface area contributed by atoms with Crippen LogP contribution in [-0.4, -0.2) is 15.9 Å². The summed E-state index contributed by atoms with van der Waals surface area (Å²) in [4.78, 5) is 17.0. The SMILES string of the molecule is CCCCCCC(C)OP(O)O. The number of unbranched alkanes of at least 4 members (excludes halogenated alkanes) is 3. The molecule has 4 heteroatoms. The Labute approximate surface area is 75.8 Å². The summed E-state index contributed by atoms with van der Waals surface area (Å²) in [6.07, 6.45) is 5.68. The van der Waals surface area contributed by atoms with Gasteiger partial charge in [-0.15, -0.1) is 0 Å². The minimum atomic E-state index is -2.16. The molecule has 0 fully saturated rings. The predicted molar refractivity (Wildman–Crippen MR) is 50.7 cm³/mol. The van der Waals surface area contributed by atoms with E-state index in [0.29, 0.717) is 0 Å². The lowest BCUT2D eigenvalue weighted by Crippen LogP contribution is -2.03. The van der Waals surface area contributed by atoms with E-state index in [-0.39, 0.29) is 6.10 Å². The van der Waals surface area contributed by atoms with E-state index in [9.17, 15) is 0 Å². The summed E-state index contributed by atoms with van der Waals surface area (Å²) < 4.78 is 4.81. The molecule has 1 atom stereocenters. The van der Waals surface area contributed by atoms with Crippen LogP contribution in [0.1, 0.15) is 46.0 Å². The van der Waals surface area contributed by atoms with Gasteiger partial charge in [0.15, 0.2) is 0 Å². The van der Waals surface area contributed by atoms with Crippen LogP contribution in [-0.2, 0) is 4.52 Å². The molecule has 12 heavy (non-hydrogen) atoms. The molecule has 0 saturated carbocycles. The molecule has 0 aromatic rings. The highest BCUT2D eigenvalue weighted by Gasteiger charge is 2.07. The van der Waals surface area contributed by atoms with Crippen LogP contribution >= 0.6 is 8.60 Å². The van der Waals surface area contributed by atoms with E-state index < -0.39 is 8.60 Å². The van der Waals surface area contributed by atoms with Crippen molar-refractivity contribution in [2.75, 3.05) is 0 Å². The minimum Gasteiger partial charge on any atom is -0.328 e. The number of hydrogen-bond acceptors (Lipinski definition) is 3. The van der Waals surface area contributed by atoms with Gasteiger partial charge < -0.3 is 14.3 Å². The van der Waals surface area contributed by atoms with E-state index in [1.165, 1.54) is 19.3 Å². The van der Waals surface area contributed by atoms with Gasteiger partial charge in [0.1, 0.15) is 0 Å². The van der Waals surface area contributed by atoms with Crippen LogP contribution in [0.2, 0.25) is 0 Å². The molecule has 0 aliphatic heterocycles. The molecule has 0 heterocycles. The molecular weight excluding hydrogens is 175 g/mol. The van der Waals surface area contributed by atoms with Crippen LogP contribution in [0.5, 0.6) is 0 Å². The molecule has 0 spiro atoms. The average Bonchev–Trinajstić information content (AvgIpc) is 1.97. The molecule has 0 aromatic heterocycles. The largest absolute Gasteiger partial charge is 0.328 e. The summed E-state index contributed by atoms with van der Waals surface area (Å²) in [5.41, 5.74) is 0. The summed E-state index contributed by atoms with van der Waals surface area (Å²) in [7, 11) is -2.16. The molecule has 74 valence electrons. The van der Waals surface area contributed by atoms with Crippen LogP contribution in [0.4, 0.5) is 0 Å². The lowest BCUT2D eigenvalue weighted by atomic mass is 10.1. The zero-order valence-electron chi connectivity index (χ0n) is 7.86. The maximum Gasteiger partial charge on any atom is 0.327 e. The predicted octanol–water partition coefficient (Wildman–Crippen LogP) is 2.57. The first-order valence-electron chi connectivity index (χ1n) is 4.51. The van der Waals surface area contributed by atoms with Crippen molar-refractivity contribution in [3.63, 3.8) is 0 Å². The number of rotatable bonds is 7. The van der Waals surface area contributed by atoms with E-state index in [2.05, 4.69) is 6.92 Å². The molecule has 0 amide bonds. The summed E-state index contributed by atoms with van der Waals surface area (Å²) >= 11 is 0. The quantitative estimate of drug-likeness (QED) is 0.483. The molecule has 1 unspecified atom stereocenters. The molecular formula is C8H19O3P. The lowest BCUT2D eigenvalue weighted by molar-refractivity contribution is 0.174. The van der Waals surface area contributed by atoms with Crippen LogP contribution in [0, 0.1) is 0 Å². The van der Waals surface area contributed by atoms with Gasteiger partial charge in [-0.25, -0.2) is 0 Å². The Balaban J connectivity index is 3.14. The molecule has 0 aromatic carbocycles. The van der Waals surface area contributed by atoms with E-state index in [4.69, 9.17) is 14.3 Å². The highest BCUT2D eigenvalue weighted by Crippen LogP contribution is 2.28. The standard InChI is InChI=1S/C8H19O3P/c1-3-4-5-6-7-8(2)11-12(9)10/h8-10H,3-7H2,1-2H3. The molecule has 2 N–H and O–H groups in total. The Morgan fingerprint density at radius 1 is 1.25 bits per heavy atom. The van der Waals surface area contributed by atoms with Gasteiger partial charge in [-0.1, -0.05) is 32.6 Å². The molecule has 0 bridgehead atoms. The van der Waals surface area contributed by atoms with Gasteiger partial charge in [-0.3, -0.25) is 0 Å². The molecule has 0 aliphatic carbocycles. The summed E-state index contributed by atoms with van der Waals surface area (Å²) in [6, 6.07) is 0. The maximum atomic E-state index is 8.52. The highest BCUT2D eigenvalue weighted by molar-refractivity contribution is 7.39. The van der Waals surface area contributed by atoms with Gasteiger partial charge in [-0.05, 0) is 13.3 Å². The maximum absolute atomic E-state index is 8.52. The molecule has 0 aliphatic rings. The second kappa shape index (κ2) is 7.93. The first kappa shape index (κ1) is 12.3. The molecule has 0 saturated heterocycles. The van der Waals surface area contributed by atoms with Crippen LogP contribution in [0.3, 0.4) is 0 Å². The van der Waals surface area contributed by atoms with Gasteiger partial charge in [0.05, 0.1) is 6.10 Å². The van der Waals surface area contributed by atoms with Crippen LogP contribution in [0.15, 0.2) is 0 Å². The third-order valence-corrected chi connectivity index (χ3v) is 2.29. The monoisotopic (exact) mass is 194 g/mol. The van der Waals surface area contributed by atoms with Crippen molar-refractivity contribution in [3.8, 4) is 0 Å². The summed E-state index contributed by atoms with van der Waals surface area (Å²) in [5, 5.41) is 0. The van der Waals surface area contributed by atoms with Crippen molar-refractivity contribution in [2.45, 2.75) is 52.1 Å². The van der Waals surface area contributed by atoms with Gasteiger partial charge in [0.2, 0.25) is 0 Å². The van der Waals surface area contributed by atoms with Crippen molar-refractivity contribution in [1.82, 2.24) is 0 Å². The third kappa shape index (κ3) is 8.41. The summed E-state index contributed by atoms with van der Waals surface area (Å²) in [5.74, 6) is 0. The number of hydrogen-bond donors (Lipinski definition) is 2. The second-order valence-corrected chi connectivity index (χ2v) is 3.73. The van der Waals surface area contributed by atoms with E-state index in [1.807, 2.05) is 6.92 Å². The Kier molecular flexibility index (Phi) is 8.14. The van der Waals surface area contributed by atoms with Crippen molar-refractivity contribution in [3.05, 3.63) is 0 Å². The fourth-order valence-electron chi connectivity index (χ4n) is 1.07. The van der Waals surface area contributed by atoms with Gasteiger partial charge in [-0.2, -0.15) is 0 Å². The molecule has 0 radical (unpaired) electrons. The minimum absolute atomic E-state index is 0.0250. The second-order valence-electron chi connectivity index (χ2n) is 3.02. The Morgan fingerprint density at radius 3 is 2.42 bits per heavy atom. The molecule has 3 nitrogen and oxygen atoms in total. The first-order valence-corrected chi connectivity index (χ1v) is 5.68. The van der Waals surface area contributed by atoms with Crippen molar-refractivity contribution in [1.29, 1.82) is 0 Å².